The Balaban J connectivity index is 1.54. The lowest BCUT2D eigenvalue weighted by molar-refractivity contribution is 0.0665. The van der Waals surface area contributed by atoms with Gasteiger partial charge in [0.15, 0.2) is 5.69 Å². The molecule has 7 heteroatoms. The maximum absolute atomic E-state index is 13.6. The van der Waals surface area contributed by atoms with Crippen LogP contribution in [0.2, 0.25) is 5.02 Å². The van der Waals surface area contributed by atoms with E-state index in [2.05, 4.69) is 28.3 Å². The SMILES string of the molecule is Cn1nc(C(=O)NCc2ccc(Cl)cc2)c(=O)c2cc(CC3CCOCC3)cc(C#Cc3ccccc3)c21. The van der Waals surface area contributed by atoms with E-state index in [1.54, 1.807) is 23.9 Å². The fraction of sp³-hybridized carbons (Fsp3) is 0.258. The van der Waals surface area contributed by atoms with Crippen LogP contribution in [0.15, 0.2) is 71.5 Å². The predicted molar refractivity (Wildman–Crippen MR) is 149 cm³/mol. The molecule has 0 unspecified atom stereocenters. The fourth-order valence-electron chi connectivity index (χ4n) is 4.76. The van der Waals surface area contributed by atoms with Gasteiger partial charge in [0, 0.05) is 37.4 Å². The Morgan fingerprint density at radius 2 is 1.79 bits per heavy atom. The molecular weight excluding hydrogens is 498 g/mol. The highest BCUT2D eigenvalue weighted by atomic mass is 35.5. The number of carbonyl (C=O) groups is 1. The second-order valence-corrected chi connectivity index (χ2v) is 9.96. The molecule has 1 saturated heterocycles. The van der Waals surface area contributed by atoms with Crippen molar-refractivity contribution in [3.8, 4) is 11.8 Å². The van der Waals surface area contributed by atoms with E-state index >= 15 is 0 Å². The number of nitrogens with zero attached hydrogens (tertiary/aromatic N) is 2. The molecule has 1 aromatic heterocycles. The molecule has 38 heavy (non-hydrogen) atoms. The Bertz CT molecular complexity index is 1580. The number of ether oxygens (including phenoxy) is 1. The Morgan fingerprint density at radius 1 is 1.05 bits per heavy atom. The summed E-state index contributed by atoms with van der Waals surface area (Å²) in [5, 5.41) is 8.25. The first-order valence-electron chi connectivity index (χ1n) is 12.7. The number of carbonyl (C=O) groups excluding carboxylic acids is 1. The maximum atomic E-state index is 13.6. The number of amides is 1. The number of halogens is 1. The van der Waals surface area contributed by atoms with Gasteiger partial charge in [-0.3, -0.25) is 14.3 Å². The van der Waals surface area contributed by atoms with Gasteiger partial charge in [0.25, 0.3) is 5.91 Å². The Labute approximate surface area is 226 Å². The summed E-state index contributed by atoms with van der Waals surface area (Å²) in [7, 11) is 1.74. The summed E-state index contributed by atoms with van der Waals surface area (Å²) in [6.45, 7) is 1.77. The van der Waals surface area contributed by atoms with Crippen LogP contribution >= 0.6 is 11.6 Å². The standard InChI is InChI=1S/C31H28ClN3O3/c1-35-29-25(10-7-21-5-3-2-4-6-21)18-24(17-22-13-15-38-16-14-22)19-27(29)30(36)28(34-35)31(37)33-20-23-8-11-26(32)12-9-23/h2-6,8-9,11-12,18-19,22H,13-17,20H2,1H3,(H,33,37). The summed E-state index contributed by atoms with van der Waals surface area (Å²) < 4.78 is 7.11. The minimum Gasteiger partial charge on any atom is -0.381 e. The molecule has 0 aliphatic carbocycles. The third-order valence-electron chi connectivity index (χ3n) is 6.76. The average molecular weight is 526 g/mol. The van der Waals surface area contributed by atoms with E-state index in [-0.39, 0.29) is 12.2 Å². The van der Waals surface area contributed by atoms with Crippen molar-refractivity contribution in [2.24, 2.45) is 13.0 Å². The molecule has 6 nitrogen and oxygen atoms in total. The van der Waals surface area contributed by atoms with Crippen LogP contribution < -0.4 is 10.7 Å². The summed E-state index contributed by atoms with van der Waals surface area (Å²) >= 11 is 5.95. The van der Waals surface area contributed by atoms with Crippen molar-refractivity contribution in [2.75, 3.05) is 13.2 Å². The number of aromatic nitrogens is 2. The highest BCUT2D eigenvalue weighted by molar-refractivity contribution is 6.30. The fourth-order valence-corrected chi connectivity index (χ4v) is 4.89. The lowest BCUT2D eigenvalue weighted by atomic mass is 9.90. The molecule has 0 atom stereocenters. The largest absolute Gasteiger partial charge is 0.381 e. The van der Waals surface area contributed by atoms with Gasteiger partial charge in [-0.2, -0.15) is 5.10 Å². The lowest BCUT2D eigenvalue weighted by Gasteiger charge is -2.22. The number of nitrogens with one attached hydrogen (secondary N) is 1. The molecule has 1 aliphatic heterocycles. The van der Waals surface area contributed by atoms with Crippen LogP contribution in [0, 0.1) is 17.8 Å². The molecule has 192 valence electrons. The van der Waals surface area contributed by atoms with Crippen LogP contribution in [0.25, 0.3) is 10.9 Å². The minimum atomic E-state index is -0.519. The zero-order valence-electron chi connectivity index (χ0n) is 21.2. The first kappa shape index (κ1) is 25.7. The van der Waals surface area contributed by atoms with Gasteiger partial charge in [-0.25, -0.2) is 0 Å². The second-order valence-electron chi connectivity index (χ2n) is 9.53. The minimum absolute atomic E-state index is 0.140. The summed E-state index contributed by atoms with van der Waals surface area (Å²) in [5.74, 6) is 6.43. The van der Waals surface area contributed by atoms with E-state index in [1.807, 2.05) is 48.5 Å². The molecule has 1 fully saturated rings. The average Bonchev–Trinajstić information content (AvgIpc) is 2.94. The molecule has 1 N–H and O–H groups in total. The smallest absolute Gasteiger partial charge is 0.276 e. The van der Waals surface area contributed by atoms with Crippen LogP contribution in [0.4, 0.5) is 0 Å². The molecule has 1 amide bonds. The molecule has 0 spiro atoms. The zero-order chi connectivity index (χ0) is 26.5. The monoisotopic (exact) mass is 525 g/mol. The number of benzene rings is 3. The first-order chi connectivity index (χ1) is 18.5. The highest BCUT2D eigenvalue weighted by Crippen LogP contribution is 2.24. The van der Waals surface area contributed by atoms with E-state index in [4.69, 9.17) is 16.3 Å². The number of hydrogen-bond acceptors (Lipinski definition) is 4. The molecule has 5 rings (SSSR count). The lowest BCUT2D eigenvalue weighted by Crippen LogP contribution is -2.31. The van der Waals surface area contributed by atoms with E-state index < -0.39 is 11.3 Å². The van der Waals surface area contributed by atoms with Crippen molar-refractivity contribution in [1.82, 2.24) is 15.1 Å². The predicted octanol–water partition coefficient (Wildman–Crippen LogP) is 4.89. The van der Waals surface area contributed by atoms with E-state index in [0.717, 1.165) is 49.2 Å². The van der Waals surface area contributed by atoms with Crippen LogP contribution in [0.1, 0.15) is 45.6 Å². The van der Waals surface area contributed by atoms with Gasteiger partial charge in [0.2, 0.25) is 5.43 Å². The van der Waals surface area contributed by atoms with Gasteiger partial charge in [-0.15, -0.1) is 0 Å². The van der Waals surface area contributed by atoms with E-state index in [9.17, 15) is 9.59 Å². The van der Waals surface area contributed by atoms with Gasteiger partial charge in [0.1, 0.15) is 0 Å². The van der Waals surface area contributed by atoms with Crippen molar-refractivity contribution in [3.63, 3.8) is 0 Å². The van der Waals surface area contributed by atoms with Crippen LogP contribution in [0.3, 0.4) is 0 Å². The molecule has 1 aliphatic rings. The Morgan fingerprint density at radius 3 is 2.53 bits per heavy atom. The summed E-state index contributed by atoms with van der Waals surface area (Å²) in [6.07, 6.45) is 2.79. The van der Waals surface area contributed by atoms with Gasteiger partial charge in [-0.1, -0.05) is 53.8 Å². The maximum Gasteiger partial charge on any atom is 0.276 e. The van der Waals surface area contributed by atoms with Gasteiger partial charge in [0.05, 0.1) is 16.5 Å². The van der Waals surface area contributed by atoms with Crippen LogP contribution in [-0.4, -0.2) is 28.9 Å². The summed E-state index contributed by atoms with van der Waals surface area (Å²) in [5.41, 5.74) is 3.57. The number of rotatable bonds is 5. The Hall–Kier alpha value is -3.92. The van der Waals surface area contributed by atoms with Crippen molar-refractivity contribution in [1.29, 1.82) is 0 Å². The van der Waals surface area contributed by atoms with Crippen molar-refractivity contribution in [3.05, 3.63) is 110 Å². The highest BCUT2D eigenvalue weighted by Gasteiger charge is 2.20. The van der Waals surface area contributed by atoms with Crippen LogP contribution in [-0.2, 0) is 24.8 Å². The second kappa shape index (κ2) is 11.6. The van der Waals surface area contributed by atoms with Gasteiger partial charge in [-0.05, 0) is 72.7 Å². The van der Waals surface area contributed by atoms with Crippen LogP contribution in [0.5, 0.6) is 0 Å². The molecule has 0 radical (unpaired) electrons. The normalized spacial score (nSPS) is 13.6. The number of fused-ring (bicyclic) bond motifs is 1. The van der Waals surface area contributed by atoms with Gasteiger partial charge >= 0.3 is 0 Å². The van der Waals surface area contributed by atoms with Gasteiger partial charge < -0.3 is 10.1 Å². The molecule has 3 aromatic carbocycles. The summed E-state index contributed by atoms with van der Waals surface area (Å²) in [6, 6.07) is 20.8. The molecule has 0 bridgehead atoms. The molecule has 4 aromatic rings. The van der Waals surface area contributed by atoms with Crippen molar-refractivity contribution in [2.45, 2.75) is 25.8 Å². The van der Waals surface area contributed by atoms with Crippen molar-refractivity contribution < 1.29 is 9.53 Å². The third kappa shape index (κ3) is 5.96. The number of hydrogen-bond donors (Lipinski definition) is 1. The quantitative estimate of drug-likeness (QED) is 0.377. The molecule has 0 saturated carbocycles. The summed E-state index contributed by atoms with van der Waals surface area (Å²) in [4.78, 5) is 26.7. The van der Waals surface area contributed by atoms with E-state index in [0.29, 0.717) is 27.4 Å². The molecule has 2 heterocycles. The zero-order valence-corrected chi connectivity index (χ0v) is 21.9. The van der Waals surface area contributed by atoms with Crippen molar-refractivity contribution >= 4 is 28.4 Å². The Kier molecular flexibility index (Phi) is 7.88. The first-order valence-corrected chi connectivity index (χ1v) is 13.1. The topological polar surface area (TPSA) is 73.2 Å². The molecular formula is C31H28ClN3O3. The third-order valence-corrected chi connectivity index (χ3v) is 7.02. The van der Waals surface area contributed by atoms with E-state index in [1.165, 1.54) is 0 Å². The number of aryl methyl sites for hydroxylation is 1.